The van der Waals surface area contributed by atoms with E-state index in [1.807, 2.05) is 0 Å². The fourth-order valence-corrected chi connectivity index (χ4v) is 2.60. The Kier molecular flexibility index (Phi) is 9.88. The molecule has 0 amide bonds. The van der Waals surface area contributed by atoms with Crippen LogP contribution in [0, 0.1) is 0 Å². The van der Waals surface area contributed by atoms with Gasteiger partial charge in [-0.15, -0.1) is 0 Å². The molecule has 2 nitrogen and oxygen atoms in total. The average molecular weight is 268 g/mol. The summed E-state index contributed by atoms with van der Waals surface area (Å²) in [5.41, 5.74) is 0. The minimum atomic E-state index is 0.547. The lowest BCUT2D eigenvalue weighted by Crippen LogP contribution is -2.17. The van der Waals surface area contributed by atoms with Gasteiger partial charge in [0.05, 0.1) is 18.5 Å². The predicted octanol–water partition coefficient (Wildman–Crippen LogP) is 5.23. The summed E-state index contributed by atoms with van der Waals surface area (Å²) in [4.78, 5) is 0. The molecule has 0 heterocycles. The highest BCUT2D eigenvalue weighted by Gasteiger charge is 2.12. The molecule has 0 atom stereocenters. The van der Waals surface area contributed by atoms with E-state index in [-0.39, 0.29) is 0 Å². The van der Waals surface area contributed by atoms with Gasteiger partial charge in [0.2, 0.25) is 0 Å². The topological polar surface area (TPSA) is 18.5 Å². The second kappa shape index (κ2) is 11.3. The summed E-state index contributed by atoms with van der Waals surface area (Å²) in [6.45, 7) is 6.12. The summed E-state index contributed by atoms with van der Waals surface area (Å²) >= 11 is 0. The van der Waals surface area contributed by atoms with Gasteiger partial charge in [-0.1, -0.05) is 33.1 Å². The van der Waals surface area contributed by atoms with Crippen LogP contribution >= 0.6 is 0 Å². The van der Waals surface area contributed by atoms with Crippen molar-refractivity contribution in [1.29, 1.82) is 0 Å². The van der Waals surface area contributed by atoms with Gasteiger partial charge in [0.15, 0.2) is 0 Å². The first-order chi connectivity index (χ1) is 9.36. The SMILES string of the molecule is CC/C=C(\CCC)OCCCCOC1CCCCC1. The molecular formula is C17H32O2. The maximum Gasteiger partial charge on any atom is 0.0919 e. The van der Waals surface area contributed by atoms with Crippen LogP contribution in [0.5, 0.6) is 0 Å². The van der Waals surface area contributed by atoms with Crippen molar-refractivity contribution in [3.05, 3.63) is 11.8 Å². The molecule has 0 unspecified atom stereocenters. The van der Waals surface area contributed by atoms with Crippen LogP contribution in [-0.4, -0.2) is 19.3 Å². The molecular weight excluding hydrogens is 236 g/mol. The maximum absolute atomic E-state index is 5.91. The third-order valence-corrected chi connectivity index (χ3v) is 3.66. The monoisotopic (exact) mass is 268 g/mol. The van der Waals surface area contributed by atoms with Gasteiger partial charge >= 0.3 is 0 Å². The van der Waals surface area contributed by atoms with Crippen molar-refractivity contribution in [1.82, 2.24) is 0 Å². The number of hydrogen-bond donors (Lipinski definition) is 0. The fourth-order valence-electron chi connectivity index (χ4n) is 2.60. The molecule has 0 aromatic rings. The quantitative estimate of drug-likeness (QED) is 0.399. The van der Waals surface area contributed by atoms with E-state index < -0.39 is 0 Å². The zero-order valence-electron chi connectivity index (χ0n) is 13.0. The minimum absolute atomic E-state index is 0.547. The molecule has 0 aliphatic heterocycles. The smallest absolute Gasteiger partial charge is 0.0919 e. The van der Waals surface area contributed by atoms with Crippen molar-refractivity contribution in [3.8, 4) is 0 Å². The third kappa shape index (κ3) is 8.30. The van der Waals surface area contributed by atoms with Crippen LogP contribution in [-0.2, 0) is 9.47 Å². The summed E-state index contributed by atoms with van der Waals surface area (Å²) in [7, 11) is 0. The molecule has 0 N–H and O–H groups in total. The van der Waals surface area contributed by atoms with Gasteiger partial charge < -0.3 is 9.47 Å². The van der Waals surface area contributed by atoms with Crippen molar-refractivity contribution in [3.63, 3.8) is 0 Å². The van der Waals surface area contributed by atoms with Gasteiger partial charge in [-0.25, -0.2) is 0 Å². The summed E-state index contributed by atoms with van der Waals surface area (Å²) in [6.07, 6.45) is 15.0. The zero-order valence-corrected chi connectivity index (χ0v) is 13.0. The lowest BCUT2D eigenvalue weighted by Gasteiger charge is -2.21. The van der Waals surface area contributed by atoms with Gasteiger partial charge in [-0.05, 0) is 44.6 Å². The first-order valence-electron chi connectivity index (χ1n) is 8.30. The molecule has 1 fully saturated rings. The molecule has 0 saturated heterocycles. The normalized spacial score (nSPS) is 17.7. The lowest BCUT2D eigenvalue weighted by molar-refractivity contribution is 0.0241. The first-order valence-corrected chi connectivity index (χ1v) is 8.30. The Balaban J connectivity index is 1.96. The van der Waals surface area contributed by atoms with Crippen LogP contribution in [0.1, 0.15) is 78.1 Å². The summed E-state index contributed by atoms with van der Waals surface area (Å²) < 4.78 is 11.7. The van der Waals surface area contributed by atoms with Crippen LogP contribution in [0.3, 0.4) is 0 Å². The van der Waals surface area contributed by atoms with Crippen molar-refractivity contribution >= 4 is 0 Å². The largest absolute Gasteiger partial charge is 0.498 e. The highest BCUT2D eigenvalue weighted by Crippen LogP contribution is 2.20. The average Bonchev–Trinajstić information content (AvgIpc) is 2.44. The molecule has 19 heavy (non-hydrogen) atoms. The van der Waals surface area contributed by atoms with Crippen LogP contribution in [0.25, 0.3) is 0 Å². The van der Waals surface area contributed by atoms with E-state index in [1.165, 1.54) is 37.9 Å². The van der Waals surface area contributed by atoms with E-state index in [4.69, 9.17) is 9.47 Å². The van der Waals surface area contributed by atoms with E-state index in [9.17, 15) is 0 Å². The minimum Gasteiger partial charge on any atom is -0.498 e. The zero-order chi connectivity index (χ0) is 13.8. The third-order valence-electron chi connectivity index (χ3n) is 3.66. The summed E-state index contributed by atoms with van der Waals surface area (Å²) in [5, 5.41) is 0. The van der Waals surface area contributed by atoms with Gasteiger partial charge in [-0.3, -0.25) is 0 Å². The number of ether oxygens (including phenoxy) is 2. The Bertz CT molecular complexity index is 229. The van der Waals surface area contributed by atoms with Gasteiger partial charge in [0.1, 0.15) is 0 Å². The predicted molar refractivity (Wildman–Crippen MR) is 81.3 cm³/mol. The van der Waals surface area contributed by atoms with E-state index in [0.29, 0.717) is 6.10 Å². The van der Waals surface area contributed by atoms with Crippen molar-refractivity contribution in [2.24, 2.45) is 0 Å². The van der Waals surface area contributed by atoms with E-state index in [0.717, 1.165) is 45.3 Å². The van der Waals surface area contributed by atoms with Crippen LogP contribution in [0.4, 0.5) is 0 Å². The second-order valence-electron chi connectivity index (χ2n) is 5.52. The van der Waals surface area contributed by atoms with Crippen molar-refractivity contribution in [2.45, 2.75) is 84.2 Å². The molecule has 0 bridgehead atoms. The molecule has 1 rings (SSSR count). The van der Waals surface area contributed by atoms with E-state index in [2.05, 4.69) is 19.9 Å². The Labute approximate surface area is 119 Å². The van der Waals surface area contributed by atoms with Crippen LogP contribution < -0.4 is 0 Å². The summed E-state index contributed by atoms with van der Waals surface area (Å²) in [5.74, 6) is 1.18. The number of unbranched alkanes of at least 4 members (excludes halogenated alkanes) is 1. The fraction of sp³-hybridized carbons (Fsp3) is 0.882. The summed E-state index contributed by atoms with van der Waals surface area (Å²) in [6, 6.07) is 0. The van der Waals surface area contributed by atoms with Gasteiger partial charge in [0, 0.05) is 13.0 Å². The van der Waals surface area contributed by atoms with Crippen molar-refractivity contribution < 1.29 is 9.47 Å². The Morgan fingerprint density at radius 3 is 2.47 bits per heavy atom. The Hall–Kier alpha value is -0.500. The first kappa shape index (κ1) is 16.6. The standard InChI is InChI=1S/C17H32O2/c1-3-10-16(11-4-2)18-14-8-9-15-19-17-12-6-5-7-13-17/h10,17H,3-9,11-15H2,1-2H3/b16-10+. The number of rotatable bonds is 10. The van der Waals surface area contributed by atoms with E-state index >= 15 is 0 Å². The highest BCUT2D eigenvalue weighted by atomic mass is 16.5. The molecule has 0 aromatic heterocycles. The molecule has 0 aromatic carbocycles. The van der Waals surface area contributed by atoms with Gasteiger partial charge in [-0.2, -0.15) is 0 Å². The Morgan fingerprint density at radius 1 is 1.05 bits per heavy atom. The lowest BCUT2D eigenvalue weighted by atomic mass is 9.98. The van der Waals surface area contributed by atoms with Crippen molar-refractivity contribution in [2.75, 3.05) is 13.2 Å². The van der Waals surface area contributed by atoms with E-state index in [1.54, 1.807) is 0 Å². The molecule has 1 aliphatic rings. The van der Waals surface area contributed by atoms with Crippen LogP contribution in [0.15, 0.2) is 11.8 Å². The molecule has 1 aliphatic carbocycles. The second-order valence-corrected chi connectivity index (χ2v) is 5.52. The number of allylic oxidation sites excluding steroid dienone is 2. The number of hydrogen-bond acceptors (Lipinski definition) is 2. The van der Waals surface area contributed by atoms with Gasteiger partial charge in [0.25, 0.3) is 0 Å². The maximum atomic E-state index is 5.91. The molecule has 112 valence electrons. The Morgan fingerprint density at radius 2 is 1.79 bits per heavy atom. The molecule has 0 spiro atoms. The highest BCUT2D eigenvalue weighted by molar-refractivity contribution is 4.91. The molecule has 0 radical (unpaired) electrons. The molecule has 1 saturated carbocycles. The van der Waals surface area contributed by atoms with Crippen LogP contribution in [0.2, 0.25) is 0 Å². The molecule has 2 heteroatoms.